The summed E-state index contributed by atoms with van der Waals surface area (Å²) in [5.41, 5.74) is -1.80. The molecule has 0 atom stereocenters. The first-order valence-electron chi connectivity index (χ1n) is 3.66. The highest BCUT2D eigenvalue weighted by Gasteiger charge is 2.25. The molecule has 76 valence electrons. The minimum absolute atomic E-state index is 0.0249. The van der Waals surface area contributed by atoms with Crippen LogP contribution in [0.4, 0.5) is 18.9 Å². The van der Waals surface area contributed by atoms with E-state index in [0.29, 0.717) is 0 Å². The molecule has 0 bridgehead atoms. The van der Waals surface area contributed by atoms with Gasteiger partial charge in [0.1, 0.15) is 0 Å². The number of aryl methyl sites for hydroxylation is 1. The average molecular weight is 205 g/mol. The molecule has 3 nitrogen and oxygen atoms in total. The van der Waals surface area contributed by atoms with E-state index >= 15 is 0 Å². The molecule has 0 saturated heterocycles. The van der Waals surface area contributed by atoms with Gasteiger partial charge in [-0.25, -0.2) is 8.78 Å². The topological polar surface area (TPSA) is 43.1 Å². The van der Waals surface area contributed by atoms with E-state index in [1.807, 2.05) is 0 Å². The van der Waals surface area contributed by atoms with E-state index in [0.717, 1.165) is 12.1 Å². The summed E-state index contributed by atoms with van der Waals surface area (Å²) in [7, 11) is 0. The van der Waals surface area contributed by atoms with E-state index in [2.05, 4.69) is 0 Å². The van der Waals surface area contributed by atoms with E-state index in [4.69, 9.17) is 0 Å². The zero-order valence-corrected chi connectivity index (χ0v) is 7.13. The number of alkyl halides is 2. The van der Waals surface area contributed by atoms with Crippen molar-refractivity contribution in [3.05, 3.63) is 39.2 Å². The Morgan fingerprint density at radius 3 is 2.43 bits per heavy atom. The third-order valence-corrected chi connectivity index (χ3v) is 1.77. The van der Waals surface area contributed by atoms with Gasteiger partial charge in [-0.2, -0.15) is 4.39 Å². The Hall–Kier alpha value is -1.59. The van der Waals surface area contributed by atoms with E-state index in [1.165, 1.54) is 6.92 Å². The van der Waals surface area contributed by atoms with E-state index in [1.54, 1.807) is 0 Å². The van der Waals surface area contributed by atoms with Gasteiger partial charge in [-0.1, -0.05) is 6.07 Å². The summed E-state index contributed by atoms with van der Waals surface area (Å²) in [5, 5.41) is 10.3. The zero-order valence-electron chi connectivity index (χ0n) is 7.13. The first-order chi connectivity index (χ1) is 6.45. The van der Waals surface area contributed by atoms with Crippen LogP contribution in [0.2, 0.25) is 0 Å². The number of nitro benzene ring substituents is 1. The smallest absolute Gasteiger partial charge is 0.258 e. The number of nitrogens with zero attached hydrogens (tertiary/aromatic N) is 1. The minimum atomic E-state index is -3.05. The van der Waals surface area contributed by atoms with Crippen molar-refractivity contribution in [1.82, 2.24) is 0 Å². The normalized spacial score (nSPS) is 10.6. The molecule has 0 unspecified atom stereocenters. The highest BCUT2D eigenvalue weighted by molar-refractivity contribution is 5.44. The molecule has 0 heterocycles. The van der Waals surface area contributed by atoms with Crippen LogP contribution in [0, 0.1) is 22.9 Å². The second kappa shape index (κ2) is 3.65. The fraction of sp³-hybridized carbons (Fsp3) is 0.250. The summed E-state index contributed by atoms with van der Waals surface area (Å²) in [6.45, 7) is 1.29. The van der Waals surface area contributed by atoms with Crippen LogP contribution in [-0.2, 0) is 0 Å². The van der Waals surface area contributed by atoms with Crippen molar-refractivity contribution in [2.45, 2.75) is 13.3 Å². The summed E-state index contributed by atoms with van der Waals surface area (Å²) >= 11 is 0. The second-order valence-electron chi connectivity index (χ2n) is 2.69. The Morgan fingerprint density at radius 1 is 1.43 bits per heavy atom. The van der Waals surface area contributed by atoms with Crippen molar-refractivity contribution in [3.63, 3.8) is 0 Å². The average Bonchev–Trinajstić information content (AvgIpc) is 2.02. The van der Waals surface area contributed by atoms with Gasteiger partial charge in [0.05, 0.1) is 10.5 Å². The van der Waals surface area contributed by atoms with Gasteiger partial charge in [0.25, 0.3) is 6.43 Å². The van der Waals surface area contributed by atoms with E-state index in [-0.39, 0.29) is 5.56 Å². The van der Waals surface area contributed by atoms with Gasteiger partial charge in [0.15, 0.2) is 0 Å². The lowest BCUT2D eigenvalue weighted by atomic mass is 10.1. The maximum Gasteiger partial charge on any atom is 0.308 e. The van der Waals surface area contributed by atoms with Crippen molar-refractivity contribution in [2.24, 2.45) is 0 Å². The number of nitro groups is 1. The molecule has 0 fully saturated rings. The van der Waals surface area contributed by atoms with Crippen LogP contribution in [0.15, 0.2) is 12.1 Å². The molecule has 0 amide bonds. The molecule has 14 heavy (non-hydrogen) atoms. The van der Waals surface area contributed by atoms with Gasteiger partial charge < -0.3 is 0 Å². The number of rotatable bonds is 2. The predicted octanol–water partition coefficient (Wildman–Crippen LogP) is 2.98. The first kappa shape index (κ1) is 10.5. The Morgan fingerprint density at radius 2 is 2.00 bits per heavy atom. The molecule has 0 aliphatic carbocycles. The monoisotopic (exact) mass is 205 g/mol. The molecule has 0 radical (unpaired) electrons. The highest BCUT2D eigenvalue weighted by atomic mass is 19.3. The van der Waals surface area contributed by atoms with Gasteiger partial charge in [-0.3, -0.25) is 10.1 Å². The van der Waals surface area contributed by atoms with Crippen LogP contribution < -0.4 is 0 Å². The largest absolute Gasteiger partial charge is 0.308 e. The minimum Gasteiger partial charge on any atom is -0.258 e. The summed E-state index contributed by atoms with van der Waals surface area (Å²) < 4.78 is 37.4. The Kier molecular flexibility index (Phi) is 2.73. The van der Waals surface area contributed by atoms with Crippen molar-refractivity contribution in [3.8, 4) is 0 Å². The third-order valence-electron chi connectivity index (χ3n) is 1.77. The van der Waals surface area contributed by atoms with Crippen molar-refractivity contribution < 1.29 is 18.1 Å². The fourth-order valence-corrected chi connectivity index (χ4v) is 1.07. The Bertz CT molecular complexity index is 379. The van der Waals surface area contributed by atoms with Crippen LogP contribution in [0.1, 0.15) is 17.6 Å². The van der Waals surface area contributed by atoms with Gasteiger partial charge >= 0.3 is 5.69 Å². The van der Waals surface area contributed by atoms with Gasteiger partial charge in [-0.05, 0) is 13.0 Å². The molecule has 1 aromatic rings. The number of hydrogen-bond acceptors (Lipinski definition) is 2. The Balaban J connectivity index is 3.41. The molecule has 0 spiro atoms. The van der Waals surface area contributed by atoms with Crippen LogP contribution in [0.5, 0.6) is 0 Å². The lowest BCUT2D eigenvalue weighted by molar-refractivity contribution is -0.388. The van der Waals surface area contributed by atoms with Gasteiger partial charge in [0.2, 0.25) is 5.82 Å². The van der Waals surface area contributed by atoms with Crippen molar-refractivity contribution >= 4 is 5.69 Å². The molecule has 1 aromatic carbocycles. The second-order valence-corrected chi connectivity index (χ2v) is 2.69. The van der Waals surface area contributed by atoms with Crippen molar-refractivity contribution in [2.75, 3.05) is 0 Å². The Labute approximate surface area is 77.3 Å². The molecule has 0 aromatic heterocycles. The number of halogens is 3. The predicted molar refractivity (Wildman–Crippen MR) is 42.7 cm³/mol. The number of hydrogen-bond donors (Lipinski definition) is 0. The lowest BCUT2D eigenvalue weighted by Crippen LogP contribution is -2.00. The van der Waals surface area contributed by atoms with Crippen LogP contribution in [0.25, 0.3) is 0 Å². The molecule has 0 aliphatic heterocycles. The summed E-state index contributed by atoms with van der Waals surface area (Å²) in [6, 6.07) is 1.95. The van der Waals surface area contributed by atoms with Crippen LogP contribution >= 0.6 is 0 Å². The van der Waals surface area contributed by atoms with E-state index in [9.17, 15) is 23.3 Å². The van der Waals surface area contributed by atoms with Crippen LogP contribution in [-0.4, -0.2) is 4.92 Å². The maximum atomic E-state index is 13.1. The molecule has 0 aliphatic rings. The summed E-state index contributed by atoms with van der Waals surface area (Å²) in [5.74, 6) is -1.45. The first-order valence-corrected chi connectivity index (χ1v) is 3.66. The van der Waals surface area contributed by atoms with Crippen molar-refractivity contribution in [1.29, 1.82) is 0 Å². The van der Waals surface area contributed by atoms with Gasteiger partial charge in [0, 0.05) is 5.56 Å². The number of benzene rings is 1. The fourth-order valence-electron chi connectivity index (χ4n) is 1.07. The van der Waals surface area contributed by atoms with E-state index < -0.39 is 28.4 Å². The maximum absolute atomic E-state index is 13.1. The molecular weight excluding hydrogens is 199 g/mol. The van der Waals surface area contributed by atoms with Crippen LogP contribution in [0.3, 0.4) is 0 Å². The molecule has 0 N–H and O–H groups in total. The molecule has 0 saturated carbocycles. The third kappa shape index (κ3) is 1.68. The standard InChI is InChI=1S/C8H6F3NO2/c1-4-2-3-5(8(10)11)6(9)7(4)12(13)14/h2-3,8H,1H3. The lowest BCUT2D eigenvalue weighted by Gasteiger charge is -2.03. The summed E-state index contributed by atoms with van der Waals surface area (Å²) in [4.78, 5) is 9.33. The molecular formula is C8H6F3NO2. The highest BCUT2D eigenvalue weighted by Crippen LogP contribution is 2.30. The molecule has 6 heteroatoms. The molecule has 1 rings (SSSR count). The van der Waals surface area contributed by atoms with Gasteiger partial charge in [-0.15, -0.1) is 0 Å². The quantitative estimate of drug-likeness (QED) is 0.550. The SMILES string of the molecule is Cc1ccc(C(F)F)c(F)c1[N+](=O)[O-]. The summed E-state index contributed by atoms with van der Waals surface area (Å²) in [6.07, 6.45) is -3.05. The zero-order chi connectivity index (χ0) is 10.9.